The van der Waals surface area contributed by atoms with Crippen LogP contribution in [0.4, 0.5) is 0 Å². The van der Waals surface area contributed by atoms with Gasteiger partial charge in [0.25, 0.3) is 0 Å². The number of hydrogen-bond acceptors (Lipinski definition) is 1. The Balaban J connectivity index is 1.76. The van der Waals surface area contributed by atoms with Crippen molar-refractivity contribution in [3.8, 4) is 23.3 Å². The molecule has 0 aliphatic carbocycles. The van der Waals surface area contributed by atoms with Crippen molar-refractivity contribution in [1.82, 2.24) is 4.57 Å². The van der Waals surface area contributed by atoms with Gasteiger partial charge in [-0.1, -0.05) is 42.2 Å². The van der Waals surface area contributed by atoms with Crippen LogP contribution in [0.15, 0.2) is 85.1 Å². The summed E-state index contributed by atoms with van der Waals surface area (Å²) in [6.07, 6.45) is 2.10. The first kappa shape index (κ1) is 15.1. The molecule has 25 heavy (non-hydrogen) atoms. The zero-order chi connectivity index (χ0) is 17.1. The maximum Gasteiger partial charge on any atom is 0.118 e. The van der Waals surface area contributed by atoms with Crippen molar-refractivity contribution in [2.45, 2.75) is 0 Å². The zero-order valence-electron chi connectivity index (χ0n) is 13.9. The largest absolute Gasteiger partial charge is 0.497 e. The molecule has 0 bridgehead atoms. The van der Waals surface area contributed by atoms with Crippen molar-refractivity contribution in [3.05, 3.63) is 96.2 Å². The number of hydrogen-bond donors (Lipinski definition) is 0. The number of rotatable bonds is 2. The van der Waals surface area contributed by atoms with Gasteiger partial charge >= 0.3 is 0 Å². The second-order valence-electron chi connectivity index (χ2n) is 5.74. The topological polar surface area (TPSA) is 14.2 Å². The smallest absolute Gasteiger partial charge is 0.118 e. The van der Waals surface area contributed by atoms with Crippen LogP contribution in [0.5, 0.6) is 5.75 Å². The Morgan fingerprint density at radius 2 is 1.52 bits per heavy atom. The summed E-state index contributed by atoms with van der Waals surface area (Å²) in [5.74, 6) is 7.39. The minimum Gasteiger partial charge on any atom is -0.497 e. The van der Waals surface area contributed by atoms with Crippen LogP contribution in [-0.2, 0) is 0 Å². The molecule has 0 aliphatic heterocycles. The van der Waals surface area contributed by atoms with E-state index in [-0.39, 0.29) is 0 Å². The van der Waals surface area contributed by atoms with E-state index in [0.29, 0.717) is 0 Å². The number of aromatic nitrogens is 1. The molecule has 0 aliphatic rings. The summed E-state index contributed by atoms with van der Waals surface area (Å²) in [7, 11) is 1.67. The summed E-state index contributed by atoms with van der Waals surface area (Å²) in [6.45, 7) is 0. The fraction of sp³-hybridized carbons (Fsp3) is 0.0435. The zero-order valence-corrected chi connectivity index (χ0v) is 13.9. The molecule has 0 radical (unpaired) electrons. The number of para-hydroxylation sites is 2. The van der Waals surface area contributed by atoms with Gasteiger partial charge in [-0.2, -0.15) is 0 Å². The monoisotopic (exact) mass is 323 g/mol. The molecule has 0 fully saturated rings. The van der Waals surface area contributed by atoms with Crippen LogP contribution >= 0.6 is 0 Å². The Labute approximate surface area is 147 Å². The Hall–Kier alpha value is -3.44. The van der Waals surface area contributed by atoms with E-state index in [2.05, 4.69) is 65.1 Å². The van der Waals surface area contributed by atoms with E-state index >= 15 is 0 Å². The molecule has 1 aromatic heterocycles. The van der Waals surface area contributed by atoms with Crippen LogP contribution in [0.25, 0.3) is 16.6 Å². The Morgan fingerprint density at radius 3 is 2.36 bits per heavy atom. The van der Waals surface area contributed by atoms with Crippen LogP contribution in [0.3, 0.4) is 0 Å². The maximum absolute atomic E-state index is 5.19. The van der Waals surface area contributed by atoms with Crippen molar-refractivity contribution < 1.29 is 4.74 Å². The van der Waals surface area contributed by atoms with Crippen LogP contribution < -0.4 is 4.74 Å². The van der Waals surface area contributed by atoms with Crippen molar-refractivity contribution in [2.75, 3.05) is 7.11 Å². The molecular formula is C23H17NO. The molecule has 3 aromatic carbocycles. The number of ether oxygens (including phenoxy) is 1. The predicted molar refractivity (Wildman–Crippen MR) is 102 cm³/mol. The molecule has 0 saturated heterocycles. The average molecular weight is 323 g/mol. The maximum atomic E-state index is 5.19. The van der Waals surface area contributed by atoms with E-state index in [9.17, 15) is 0 Å². The highest BCUT2D eigenvalue weighted by Gasteiger charge is 2.05. The lowest BCUT2D eigenvalue weighted by Gasteiger charge is -2.08. The molecule has 1 heterocycles. The van der Waals surface area contributed by atoms with E-state index in [1.54, 1.807) is 7.11 Å². The summed E-state index contributed by atoms with van der Waals surface area (Å²) in [6, 6.07) is 26.5. The van der Waals surface area contributed by atoms with Gasteiger partial charge in [-0.25, -0.2) is 0 Å². The van der Waals surface area contributed by atoms with Gasteiger partial charge in [0, 0.05) is 17.3 Å². The lowest BCUT2D eigenvalue weighted by Crippen LogP contribution is -1.95. The third kappa shape index (κ3) is 3.00. The third-order valence-corrected chi connectivity index (χ3v) is 4.19. The fourth-order valence-electron chi connectivity index (χ4n) is 2.90. The quantitative estimate of drug-likeness (QED) is 0.471. The van der Waals surface area contributed by atoms with Crippen LogP contribution in [0.1, 0.15) is 11.1 Å². The molecule has 0 saturated carbocycles. The first-order valence-corrected chi connectivity index (χ1v) is 8.17. The fourth-order valence-corrected chi connectivity index (χ4v) is 2.90. The van der Waals surface area contributed by atoms with Gasteiger partial charge in [0.1, 0.15) is 5.75 Å². The molecule has 120 valence electrons. The summed E-state index contributed by atoms with van der Waals surface area (Å²) in [5.41, 5.74) is 4.23. The summed E-state index contributed by atoms with van der Waals surface area (Å²) in [5, 5.41) is 1.22. The molecular weight excluding hydrogens is 306 g/mol. The highest BCUT2D eigenvalue weighted by molar-refractivity contribution is 5.82. The molecule has 4 rings (SSSR count). The van der Waals surface area contributed by atoms with Crippen LogP contribution in [-0.4, -0.2) is 11.7 Å². The predicted octanol–water partition coefficient (Wildman–Crippen LogP) is 5.04. The van der Waals surface area contributed by atoms with Gasteiger partial charge in [0.15, 0.2) is 0 Å². The molecule has 0 spiro atoms. The number of benzene rings is 3. The van der Waals surface area contributed by atoms with Gasteiger partial charge in [-0.15, -0.1) is 0 Å². The standard InChI is InChI=1S/C23H17NO/c1-25-21-14-11-18(12-15-21)10-13-19-6-2-4-8-22(19)24-17-16-20-7-3-5-9-23(20)24/h2-9,11-12,14-17H,1H3. The molecule has 0 amide bonds. The summed E-state index contributed by atoms with van der Waals surface area (Å²) < 4.78 is 7.38. The lowest BCUT2D eigenvalue weighted by molar-refractivity contribution is 0.415. The SMILES string of the molecule is COc1ccc(C#Cc2ccccc2-n2ccc3ccccc32)cc1. The minimum atomic E-state index is 0.838. The Morgan fingerprint density at radius 1 is 0.760 bits per heavy atom. The summed E-state index contributed by atoms with van der Waals surface area (Å²) in [4.78, 5) is 0. The Bertz CT molecular complexity index is 1080. The van der Waals surface area contributed by atoms with E-state index in [1.807, 2.05) is 36.4 Å². The van der Waals surface area contributed by atoms with Crippen LogP contribution in [0.2, 0.25) is 0 Å². The van der Waals surface area contributed by atoms with E-state index < -0.39 is 0 Å². The molecule has 2 nitrogen and oxygen atoms in total. The summed E-state index contributed by atoms with van der Waals surface area (Å²) >= 11 is 0. The van der Waals surface area contributed by atoms with Gasteiger partial charge in [0.2, 0.25) is 0 Å². The van der Waals surface area contributed by atoms with Gasteiger partial charge in [0.05, 0.1) is 18.3 Å². The second-order valence-corrected chi connectivity index (χ2v) is 5.74. The van der Waals surface area contributed by atoms with E-state index in [1.165, 1.54) is 10.9 Å². The average Bonchev–Trinajstić information content (AvgIpc) is 3.11. The lowest BCUT2D eigenvalue weighted by atomic mass is 10.1. The van der Waals surface area contributed by atoms with Crippen LogP contribution in [0, 0.1) is 11.8 Å². The normalized spacial score (nSPS) is 10.3. The van der Waals surface area contributed by atoms with Gasteiger partial charge in [-0.3, -0.25) is 0 Å². The molecule has 2 heteroatoms. The van der Waals surface area contributed by atoms with Crippen molar-refractivity contribution >= 4 is 10.9 Å². The van der Waals surface area contributed by atoms with E-state index in [0.717, 1.165) is 22.6 Å². The van der Waals surface area contributed by atoms with Crippen molar-refractivity contribution in [2.24, 2.45) is 0 Å². The number of fused-ring (bicyclic) bond motifs is 1. The first-order chi connectivity index (χ1) is 12.3. The van der Waals surface area contributed by atoms with Crippen molar-refractivity contribution in [1.29, 1.82) is 0 Å². The highest BCUT2D eigenvalue weighted by Crippen LogP contribution is 2.22. The molecule has 0 N–H and O–H groups in total. The highest BCUT2D eigenvalue weighted by atomic mass is 16.5. The number of nitrogens with zero attached hydrogens (tertiary/aromatic N) is 1. The van der Waals surface area contributed by atoms with Gasteiger partial charge < -0.3 is 9.30 Å². The molecule has 4 aromatic rings. The first-order valence-electron chi connectivity index (χ1n) is 8.17. The number of methoxy groups -OCH3 is 1. The Kier molecular flexibility index (Phi) is 3.98. The molecule has 0 unspecified atom stereocenters. The van der Waals surface area contributed by atoms with E-state index in [4.69, 9.17) is 4.74 Å². The minimum absolute atomic E-state index is 0.838. The molecule has 0 atom stereocenters. The van der Waals surface area contributed by atoms with Crippen molar-refractivity contribution in [3.63, 3.8) is 0 Å². The second kappa shape index (κ2) is 6.59. The van der Waals surface area contributed by atoms with Gasteiger partial charge in [-0.05, 0) is 53.9 Å². The third-order valence-electron chi connectivity index (χ3n) is 4.19.